The van der Waals surface area contributed by atoms with Crippen LogP contribution in [-0.2, 0) is 23.7 Å². The van der Waals surface area contributed by atoms with Crippen molar-refractivity contribution >= 4 is 5.91 Å². The third-order valence-electron chi connectivity index (χ3n) is 7.15. The molecule has 3 aliphatic rings. The summed E-state index contributed by atoms with van der Waals surface area (Å²) in [5.74, 6) is -0.807. The largest absolute Gasteiger partial charge is 0.394 e. The highest BCUT2D eigenvalue weighted by atomic mass is 16.7. The van der Waals surface area contributed by atoms with Gasteiger partial charge < -0.3 is 82.9 Å². The highest BCUT2D eigenvalue weighted by Gasteiger charge is 2.53. The number of nitrogens with one attached hydrogen (secondary N) is 1. The molecule has 2 aliphatic heterocycles. The van der Waals surface area contributed by atoms with Gasteiger partial charge in [-0.25, -0.2) is 0 Å². The van der Waals surface area contributed by atoms with E-state index >= 15 is 0 Å². The molecule has 2 heterocycles. The Balaban J connectivity index is 1.84. The fraction of sp³-hybridized carbons (Fsp3) is 0.952. The van der Waals surface area contributed by atoms with E-state index in [1.807, 2.05) is 0 Å². The van der Waals surface area contributed by atoms with Crippen LogP contribution in [0.1, 0.15) is 12.8 Å². The Bertz CT molecular complexity index is 770. The molecule has 0 aromatic heterocycles. The molecular formula is C21H41N5O12. The number of amides is 1. The second-order valence-corrected chi connectivity index (χ2v) is 9.84. The lowest BCUT2D eigenvalue weighted by atomic mass is 9.83. The first-order chi connectivity index (χ1) is 17.9. The maximum absolute atomic E-state index is 12.4. The summed E-state index contributed by atoms with van der Waals surface area (Å²) in [6.45, 7) is -0.764. The van der Waals surface area contributed by atoms with E-state index in [0.29, 0.717) is 0 Å². The van der Waals surface area contributed by atoms with Gasteiger partial charge in [0.2, 0.25) is 5.91 Å². The molecule has 15 atom stereocenters. The highest BCUT2D eigenvalue weighted by Crippen LogP contribution is 2.32. The molecule has 1 aliphatic carbocycles. The molecule has 1 amide bonds. The molecule has 3 fully saturated rings. The number of ether oxygens (including phenoxy) is 4. The minimum Gasteiger partial charge on any atom is -0.394 e. The Hall–Kier alpha value is -1.13. The lowest BCUT2D eigenvalue weighted by Gasteiger charge is -2.48. The molecule has 0 aromatic carbocycles. The highest BCUT2D eigenvalue weighted by molar-refractivity contribution is 5.80. The Kier molecular flexibility index (Phi) is 11.1. The average Bonchev–Trinajstić information content (AvgIpc) is 3.16. The minimum absolute atomic E-state index is 0.0255. The first-order valence-corrected chi connectivity index (χ1v) is 12.5. The van der Waals surface area contributed by atoms with Crippen LogP contribution in [0.5, 0.6) is 0 Å². The van der Waals surface area contributed by atoms with Gasteiger partial charge in [0.1, 0.15) is 61.0 Å². The number of aliphatic hydroxyl groups is 7. The molecule has 16 N–H and O–H groups in total. The molecule has 3 rings (SSSR count). The van der Waals surface area contributed by atoms with Gasteiger partial charge in [0.25, 0.3) is 0 Å². The number of aliphatic hydroxyl groups excluding tert-OH is 7. The van der Waals surface area contributed by atoms with E-state index in [4.69, 9.17) is 41.9 Å². The van der Waals surface area contributed by atoms with Crippen LogP contribution >= 0.6 is 0 Å². The van der Waals surface area contributed by atoms with E-state index in [2.05, 4.69) is 5.32 Å². The van der Waals surface area contributed by atoms with Gasteiger partial charge >= 0.3 is 0 Å². The number of carbonyl (C=O) groups excluding carboxylic acids is 1. The number of hydrogen-bond donors (Lipinski definition) is 12. The van der Waals surface area contributed by atoms with Crippen molar-refractivity contribution < 1.29 is 59.5 Å². The first kappa shape index (κ1) is 31.4. The van der Waals surface area contributed by atoms with Crippen LogP contribution in [0.25, 0.3) is 0 Å². The van der Waals surface area contributed by atoms with Crippen molar-refractivity contribution in [1.29, 1.82) is 0 Å². The quantitative estimate of drug-likeness (QED) is 0.119. The number of carbonyl (C=O) groups is 1. The van der Waals surface area contributed by atoms with Crippen molar-refractivity contribution in [1.82, 2.24) is 5.32 Å². The van der Waals surface area contributed by atoms with Crippen LogP contribution in [0.15, 0.2) is 0 Å². The average molecular weight is 556 g/mol. The van der Waals surface area contributed by atoms with Gasteiger partial charge in [-0.2, -0.15) is 0 Å². The van der Waals surface area contributed by atoms with Crippen LogP contribution in [0.4, 0.5) is 0 Å². The summed E-state index contributed by atoms with van der Waals surface area (Å²) < 4.78 is 22.7. The predicted octanol–water partition coefficient (Wildman–Crippen LogP) is -7.79. The van der Waals surface area contributed by atoms with Gasteiger partial charge in [0, 0.05) is 12.6 Å². The van der Waals surface area contributed by atoms with E-state index < -0.39 is 104 Å². The Labute approximate surface area is 218 Å². The molecule has 38 heavy (non-hydrogen) atoms. The summed E-state index contributed by atoms with van der Waals surface area (Å²) in [4.78, 5) is 12.4. The Morgan fingerprint density at radius 1 is 0.895 bits per heavy atom. The number of hydrogen-bond acceptors (Lipinski definition) is 16. The maximum Gasteiger partial charge on any atom is 0.249 e. The van der Waals surface area contributed by atoms with Crippen LogP contribution in [0.3, 0.4) is 0 Å². The van der Waals surface area contributed by atoms with Crippen molar-refractivity contribution in [2.45, 2.75) is 105 Å². The fourth-order valence-electron chi connectivity index (χ4n) is 4.84. The van der Waals surface area contributed by atoms with Gasteiger partial charge in [-0.1, -0.05) is 0 Å². The first-order valence-electron chi connectivity index (χ1n) is 12.5. The van der Waals surface area contributed by atoms with Gasteiger partial charge in [0.05, 0.1) is 18.7 Å². The molecular weight excluding hydrogens is 514 g/mol. The molecule has 222 valence electrons. The zero-order valence-electron chi connectivity index (χ0n) is 20.7. The second kappa shape index (κ2) is 13.5. The summed E-state index contributed by atoms with van der Waals surface area (Å²) >= 11 is 0. The molecule has 17 heteroatoms. The SMILES string of the molecule is NCCC(O)C(=O)N[C@@H]1CC(N)[C@@H](O[C@H]2OC(CN)[C@@H](O)C(O)C2N)[C@@H](OC2OC(CO)[C@H](O)C2O)C1O. The van der Waals surface area contributed by atoms with Crippen molar-refractivity contribution in [3.63, 3.8) is 0 Å². The minimum atomic E-state index is -1.62. The smallest absolute Gasteiger partial charge is 0.249 e. The Morgan fingerprint density at radius 2 is 1.50 bits per heavy atom. The monoisotopic (exact) mass is 555 g/mol. The number of rotatable bonds is 10. The van der Waals surface area contributed by atoms with E-state index in [1.54, 1.807) is 0 Å². The fourth-order valence-corrected chi connectivity index (χ4v) is 4.84. The molecule has 0 aromatic rings. The van der Waals surface area contributed by atoms with Crippen molar-refractivity contribution in [2.75, 3.05) is 19.7 Å². The summed E-state index contributed by atoms with van der Waals surface area (Å²) in [7, 11) is 0. The zero-order valence-corrected chi connectivity index (χ0v) is 20.7. The summed E-state index contributed by atoms with van der Waals surface area (Å²) in [6.07, 6.45) is -16.9. The molecule has 0 radical (unpaired) electrons. The second-order valence-electron chi connectivity index (χ2n) is 9.84. The van der Waals surface area contributed by atoms with Crippen molar-refractivity contribution in [3.05, 3.63) is 0 Å². The molecule has 1 saturated carbocycles. The third kappa shape index (κ3) is 6.60. The van der Waals surface area contributed by atoms with Crippen molar-refractivity contribution in [3.8, 4) is 0 Å². The zero-order chi connectivity index (χ0) is 28.3. The summed E-state index contributed by atoms with van der Waals surface area (Å²) in [6, 6.07) is -3.29. The van der Waals surface area contributed by atoms with E-state index in [9.17, 15) is 40.5 Å². The molecule has 0 bridgehead atoms. The maximum atomic E-state index is 12.4. The number of nitrogens with two attached hydrogens (primary N) is 4. The Morgan fingerprint density at radius 3 is 2.08 bits per heavy atom. The van der Waals surface area contributed by atoms with E-state index in [-0.39, 0.29) is 25.9 Å². The van der Waals surface area contributed by atoms with Gasteiger partial charge in [-0.3, -0.25) is 4.79 Å². The summed E-state index contributed by atoms with van der Waals surface area (Å²) in [5, 5.41) is 74.0. The third-order valence-corrected chi connectivity index (χ3v) is 7.15. The molecule has 9 unspecified atom stereocenters. The van der Waals surface area contributed by atoms with Gasteiger partial charge in [-0.15, -0.1) is 0 Å². The van der Waals surface area contributed by atoms with E-state index in [0.717, 1.165) is 0 Å². The van der Waals surface area contributed by atoms with Crippen LogP contribution in [0, 0.1) is 0 Å². The topological polar surface area (TPSA) is 312 Å². The van der Waals surface area contributed by atoms with Crippen LogP contribution in [-0.4, -0.2) is 153 Å². The van der Waals surface area contributed by atoms with Crippen LogP contribution < -0.4 is 28.3 Å². The molecule has 0 spiro atoms. The van der Waals surface area contributed by atoms with Crippen LogP contribution in [0.2, 0.25) is 0 Å². The van der Waals surface area contributed by atoms with Gasteiger partial charge in [-0.05, 0) is 19.4 Å². The van der Waals surface area contributed by atoms with Crippen molar-refractivity contribution in [2.24, 2.45) is 22.9 Å². The summed E-state index contributed by atoms with van der Waals surface area (Å²) in [5.41, 5.74) is 23.3. The van der Waals surface area contributed by atoms with E-state index in [1.165, 1.54) is 0 Å². The van der Waals surface area contributed by atoms with Gasteiger partial charge in [0.15, 0.2) is 12.6 Å². The standard InChI is InChI=1S/C21H41N5O12/c22-2-1-8(28)19(34)26-7-3-6(24)17(37-20-11(25)15(32)13(30)9(4-23)35-20)18(12(7)29)38-21-16(33)14(31)10(5-27)36-21/h6-18,20-21,27-33H,1-5,22-25H2,(H,26,34)/t6?,7-,8?,9?,10?,11?,12?,13-,14+,15?,16?,17-,18+,20-,21?/m1/s1. The molecule has 17 nitrogen and oxygen atoms in total. The lowest BCUT2D eigenvalue weighted by Crippen LogP contribution is -2.69. The normalized spacial score (nSPS) is 46.6. The predicted molar refractivity (Wildman–Crippen MR) is 125 cm³/mol. The lowest BCUT2D eigenvalue weighted by molar-refractivity contribution is -0.307. The molecule has 2 saturated heterocycles.